The summed E-state index contributed by atoms with van der Waals surface area (Å²) < 4.78 is 35.9. The van der Waals surface area contributed by atoms with Crippen molar-refractivity contribution in [2.24, 2.45) is 0 Å². The van der Waals surface area contributed by atoms with E-state index in [1.165, 1.54) is 0 Å². The molecular formula is C23H25NO5S. The van der Waals surface area contributed by atoms with E-state index < -0.39 is 15.6 Å². The Bertz CT molecular complexity index is 1100. The Morgan fingerprint density at radius 3 is 2.60 bits per heavy atom. The summed E-state index contributed by atoms with van der Waals surface area (Å²) in [5.74, 6) is 0.316. The number of Topliss-reactive ketones (excluding diaryl/α,β-unsaturated/α-hetero) is 1. The van der Waals surface area contributed by atoms with Gasteiger partial charge in [0.2, 0.25) is 5.89 Å². The van der Waals surface area contributed by atoms with Crippen molar-refractivity contribution in [3.63, 3.8) is 0 Å². The van der Waals surface area contributed by atoms with Crippen molar-refractivity contribution in [1.29, 1.82) is 0 Å². The van der Waals surface area contributed by atoms with E-state index in [2.05, 4.69) is 4.98 Å². The summed E-state index contributed by atoms with van der Waals surface area (Å²) in [7, 11) is -2.07. The molecule has 0 amide bonds. The second kappa shape index (κ2) is 9.71. The SMILES string of the molecule is COc1cccc(-c2nc(CS(=O)(=O)CC(=O)CCCc3ccccc3)c(C)o2)c1. The van der Waals surface area contributed by atoms with Crippen LogP contribution in [0.25, 0.3) is 11.5 Å². The molecule has 0 aliphatic heterocycles. The van der Waals surface area contributed by atoms with Gasteiger partial charge in [0.25, 0.3) is 0 Å². The molecule has 158 valence electrons. The molecule has 2 aromatic carbocycles. The summed E-state index contributed by atoms with van der Waals surface area (Å²) in [6, 6.07) is 17.0. The fourth-order valence-corrected chi connectivity index (χ4v) is 4.57. The third kappa shape index (κ3) is 6.03. The van der Waals surface area contributed by atoms with E-state index in [1.807, 2.05) is 36.4 Å². The molecule has 0 fully saturated rings. The number of aromatic nitrogens is 1. The average Bonchev–Trinajstić information content (AvgIpc) is 3.08. The van der Waals surface area contributed by atoms with Crippen molar-refractivity contribution in [3.05, 3.63) is 71.6 Å². The van der Waals surface area contributed by atoms with Crippen LogP contribution in [0.2, 0.25) is 0 Å². The highest BCUT2D eigenvalue weighted by atomic mass is 32.2. The van der Waals surface area contributed by atoms with Crippen LogP contribution in [0.5, 0.6) is 5.75 Å². The first-order chi connectivity index (χ1) is 14.4. The molecule has 3 aromatic rings. The lowest BCUT2D eigenvalue weighted by atomic mass is 10.1. The molecule has 0 spiro atoms. The molecule has 3 rings (SSSR count). The van der Waals surface area contributed by atoms with Gasteiger partial charge in [-0.25, -0.2) is 13.4 Å². The summed E-state index contributed by atoms with van der Waals surface area (Å²) in [6.45, 7) is 1.67. The number of oxazole rings is 1. The molecule has 1 aromatic heterocycles. The number of sulfone groups is 1. The first-order valence-electron chi connectivity index (χ1n) is 9.73. The molecule has 6 nitrogen and oxygen atoms in total. The minimum absolute atomic E-state index is 0.237. The third-order valence-corrected chi connectivity index (χ3v) is 6.19. The lowest BCUT2D eigenvalue weighted by Crippen LogP contribution is -2.18. The summed E-state index contributed by atoms with van der Waals surface area (Å²) >= 11 is 0. The first-order valence-corrected chi connectivity index (χ1v) is 11.6. The van der Waals surface area contributed by atoms with Crippen LogP contribution in [0.4, 0.5) is 0 Å². The van der Waals surface area contributed by atoms with Crippen LogP contribution in [0.15, 0.2) is 59.0 Å². The molecular weight excluding hydrogens is 402 g/mol. The molecule has 0 aliphatic rings. The van der Waals surface area contributed by atoms with Gasteiger partial charge in [-0.3, -0.25) is 4.79 Å². The van der Waals surface area contributed by atoms with Crippen LogP contribution in [-0.2, 0) is 26.8 Å². The van der Waals surface area contributed by atoms with Crippen molar-refractivity contribution >= 4 is 15.6 Å². The van der Waals surface area contributed by atoms with Gasteiger partial charge in [-0.15, -0.1) is 0 Å². The van der Waals surface area contributed by atoms with Crippen molar-refractivity contribution in [1.82, 2.24) is 4.98 Å². The van der Waals surface area contributed by atoms with Crippen molar-refractivity contribution in [2.45, 2.75) is 31.9 Å². The Morgan fingerprint density at radius 1 is 1.10 bits per heavy atom. The molecule has 0 bridgehead atoms. The summed E-state index contributed by atoms with van der Waals surface area (Å²) in [6.07, 6.45) is 1.61. The lowest BCUT2D eigenvalue weighted by molar-refractivity contribution is -0.116. The highest BCUT2D eigenvalue weighted by Crippen LogP contribution is 2.26. The number of methoxy groups -OCH3 is 1. The molecule has 1 heterocycles. The maximum atomic E-state index is 12.5. The number of rotatable bonds is 10. The van der Waals surface area contributed by atoms with Gasteiger partial charge >= 0.3 is 0 Å². The zero-order valence-corrected chi connectivity index (χ0v) is 17.9. The summed E-state index contributed by atoms with van der Waals surface area (Å²) in [5, 5.41) is 0. The molecule has 0 saturated heterocycles. The Kier molecular flexibility index (Phi) is 7.05. The van der Waals surface area contributed by atoms with E-state index in [-0.39, 0.29) is 18.0 Å². The Hall–Kier alpha value is -2.93. The van der Waals surface area contributed by atoms with Gasteiger partial charge in [0, 0.05) is 12.0 Å². The van der Waals surface area contributed by atoms with Crippen LogP contribution >= 0.6 is 0 Å². The maximum Gasteiger partial charge on any atom is 0.226 e. The van der Waals surface area contributed by atoms with E-state index in [0.717, 1.165) is 12.0 Å². The fourth-order valence-electron chi connectivity index (χ4n) is 3.15. The quantitative estimate of drug-likeness (QED) is 0.483. The van der Waals surface area contributed by atoms with Crippen LogP contribution in [-0.4, -0.2) is 32.0 Å². The number of benzene rings is 2. The monoisotopic (exact) mass is 427 g/mol. The number of hydrogen-bond acceptors (Lipinski definition) is 6. The number of ketones is 1. The maximum absolute atomic E-state index is 12.5. The second-order valence-corrected chi connectivity index (χ2v) is 9.23. The largest absolute Gasteiger partial charge is 0.497 e. The highest BCUT2D eigenvalue weighted by molar-refractivity contribution is 7.91. The predicted octanol–water partition coefficient (Wildman–Crippen LogP) is 4.17. The number of ether oxygens (including phenoxy) is 1. The zero-order chi connectivity index (χ0) is 21.6. The Labute approximate surface area is 176 Å². The first kappa shape index (κ1) is 21.8. The van der Waals surface area contributed by atoms with E-state index in [4.69, 9.17) is 9.15 Å². The van der Waals surface area contributed by atoms with Gasteiger partial charge in [-0.1, -0.05) is 36.4 Å². The number of hydrogen-bond donors (Lipinski definition) is 0. The smallest absolute Gasteiger partial charge is 0.226 e. The molecule has 0 aliphatic carbocycles. The minimum Gasteiger partial charge on any atom is -0.497 e. The Balaban J connectivity index is 1.59. The average molecular weight is 428 g/mol. The molecule has 0 atom stereocenters. The minimum atomic E-state index is -3.63. The topological polar surface area (TPSA) is 86.5 Å². The van der Waals surface area contributed by atoms with Gasteiger partial charge < -0.3 is 9.15 Å². The van der Waals surface area contributed by atoms with Crippen LogP contribution < -0.4 is 4.74 Å². The van der Waals surface area contributed by atoms with Crippen molar-refractivity contribution in [2.75, 3.05) is 12.9 Å². The summed E-state index contributed by atoms with van der Waals surface area (Å²) in [4.78, 5) is 16.5. The number of nitrogens with zero attached hydrogens (tertiary/aromatic N) is 1. The van der Waals surface area contributed by atoms with Crippen molar-refractivity contribution in [3.8, 4) is 17.2 Å². The van der Waals surface area contributed by atoms with Gasteiger partial charge in [0.15, 0.2) is 9.84 Å². The molecule has 0 radical (unpaired) electrons. The van der Waals surface area contributed by atoms with E-state index >= 15 is 0 Å². The number of carbonyl (C=O) groups excluding carboxylic acids is 1. The summed E-state index contributed by atoms with van der Waals surface area (Å²) in [5.41, 5.74) is 2.15. The lowest BCUT2D eigenvalue weighted by Gasteiger charge is -2.03. The molecule has 0 unspecified atom stereocenters. The molecule has 30 heavy (non-hydrogen) atoms. The van der Waals surface area contributed by atoms with Crippen LogP contribution in [0, 0.1) is 6.92 Å². The predicted molar refractivity (Wildman–Crippen MR) is 115 cm³/mol. The molecule has 7 heteroatoms. The third-order valence-electron chi connectivity index (χ3n) is 4.71. The molecule has 0 saturated carbocycles. The standard InChI is InChI=1S/C23H25NO5S/c1-17-22(24-23(29-17)19-11-7-13-21(14-19)28-2)16-30(26,27)15-20(25)12-6-10-18-8-4-3-5-9-18/h3-5,7-9,11,13-14H,6,10,12,15-16H2,1-2H3. The van der Waals surface area contributed by atoms with Gasteiger partial charge in [0.1, 0.15) is 23.0 Å². The normalized spacial score (nSPS) is 11.4. The fraction of sp³-hybridized carbons (Fsp3) is 0.304. The van der Waals surface area contributed by atoms with Crippen molar-refractivity contribution < 1.29 is 22.4 Å². The van der Waals surface area contributed by atoms with Gasteiger partial charge in [-0.05, 0) is 43.5 Å². The van der Waals surface area contributed by atoms with Gasteiger partial charge in [0.05, 0.1) is 18.6 Å². The number of aryl methyl sites for hydroxylation is 2. The number of carbonyl (C=O) groups is 1. The van der Waals surface area contributed by atoms with E-state index in [1.54, 1.807) is 32.2 Å². The zero-order valence-electron chi connectivity index (χ0n) is 17.1. The van der Waals surface area contributed by atoms with Crippen LogP contribution in [0.1, 0.15) is 29.9 Å². The van der Waals surface area contributed by atoms with E-state index in [9.17, 15) is 13.2 Å². The van der Waals surface area contributed by atoms with Crippen LogP contribution in [0.3, 0.4) is 0 Å². The highest BCUT2D eigenvalue weighted by Gasteiger charge is 2.22. The molecule has 0 N–H and O–H groups in total. The Morgan fingerprint density at radius 2 is 1.87 bits per heavy atom. The second-order valence-electron chi connectivity index (χ2n) is 7.16. The van der Waals surface area contributed by atoms with Gasteiger partial charge in [-0.2, -0.15) is 0 Å². The van der Waals surface area contributed by atoms with E-state index in [0.29, 0.717) is 35.1 Å².